The van der Waals surface area contributed by atoms with Crippen molar-refractivity contribution in [2.45, 2.75) is 31.9 Å². The summed E-state index contributed by atoms with van der Waals surface area (Å²) in [7, 11) is 0. The molecule has 58 valence electrons. The van der Waals surface area contributed by atoms with Gasteiger partial charge in [0.15, 0.2) is 0 Å². The van der Waals surface area contributed by atoms with Gasteiger partial charge >= 0.3 is 0 Å². The van der Waals surface area contributed by atoms with Crippen molar-refractivity contribution in [1.29, 1.82) is 0 Å². The van der Waals surface area contributed by atoms with Crippen molar-refractivity contribution in [1.82, 2.24) is 5.32 Å². The summed E-state index contributed by atoms with van der Waals surface area (Å²) in [5.74, 6) is 0.672. The van der Waals surface area contributed by atoms with Crippen molar-refractivity contribution >= 4 is 0 Å². The SMILES string of the molecule is CC(C)C12CC1NCCO2. The molecule has 10 heavy (non-hydrogen) atoms. The molecule has 2 heteroatoms. The molecule has 0 spiro atoms. The van der Waals surface area contributed by atoms with Crippen molar-refractivity contribution in [3.05, 3.63) is 0 Å². The molecule has 0 radical (unpaired) electrons. The Balaban J connectivity index is 2.05. The molecule has 0 aromatic heterocycles. The average Bonchev–Trinajstić information content (AvgIpc) is 2.61. The van der Waals surface area contributed by atoms with Crippen LogP contribution < -0.4 is 5.32 Å². The van der Waals surface area contributed by atoms with E-state index in [1.807, 2.05) is 0 Å². The number of morpholine rings is 1. The topological polar surface area (TPSA) is 21.3 Å². The van der Waals surface area contributed by atoms with Gasteiger partial charge in [0.1, 0.15) is 0 Å². The Bertz CT molecular complexity index is 146. The third-order valence-corrected chi connectivity index (χ3v) is 2.79. The van der Waals surface area contributed by atoms with Crippen LogP contribution in [0.1, 0.15) is 20.3 Å². The molecule has 2 rings (SSSR count). The molecule has 0 amide bonds. The van der Waals surface area contributed by atoms with E-state index in [1.54, 1.807) is 0 Å². The van der Waals surface area contributed by atoms with Gasteiger partial charge in [0.05, 0.1) is 12.2 Å². The maximum absolute atomic E-state index is 5.74. The van der Waals surface area contributed by atoms with Gasteiger partial charge in [-0.3, -0.25) is 0 Å². The maximum Gasteiger partial charge on any atom is 0.0875 e. The molecule has 2 atom stereocenters. The summed E-state index contributed by atoms with van der Waals surface area (Å²) >= 11 is 0. The fraction of sp³-hybridized carbons (Fsp3) is 1.00. The van der Waals surface area contributed by atoms with E-state index in [2.05, 4.69) is 19.2 Å². The predicted octanol–water partition coefficient (Wildman–Crippen LogP) is 0.773. The largest absolute Gasteiger partial charge is 0.372 e. The van der Waals surface area contributed by atoms with Gasteiger partial charge in [-0.25, -0.2) is 0 Å². The van der Waals surface area contributed by atoms with Crippen molar-refractivity contribution in [2.75, 3.05) is 13.2 Å². The standard InChI is InChI=1S/C8H15NO/c1-6(2)8-5-7(8)9-3-4-10-8/h6-7,9H,3-5H2,1-2H3. The van der Waals surface area contributed by atoms with Gasteiger partial charge in [-0.05, 0) is 12.3 Å². The number of ether oxygens (including phenoxy) is 1. The van der Waals surface area contributed by atoms with Crippen molar-refractivity contribution in [3.63, 3.8) is 0 Å². The molecule has 1 saturated heterocycles. The number of hydrogen-bond acceptors (Lipinski definition) is 2. The lowest BCUT2D eigenvalue weighted by Gasteiger charge is -2.26. The molecule has 2 fully saturated rings. The van der Waals surface area contributed by atoms with Crippen molar-refractivity contribution < 1.29 is 4.74 Å². The third kappa shape index (κ3) is 0.722. The van der Waals surface area contributed by atoms with Crippen LogP contribution in [0.25, 0.3) is 0 Å². The zero-order chi connectivity index (χ0) is 7.19. The third-order valence-electron chi connectivity index (χ3n) is 2.79. The van der Waals surface area contributed by atoms with Crippen LogP contribution >= 0.6 is 0 Å². The highest BCUT2D eigenvalue weighted by molar-refractivity contribution is 5.14. The first-order valence-electron chi connectivity index (χ1n) is 4.13. The van der Waals surface area contributed by atoms with E-state index < -0.39 is 0 Å². The Labute approximate surface area is 61.9 Å². The average molecular weight is 141 g/mol. The van der Waals surface area contributed by atoms with Crippen LogP contribution in [0.3, 0.4) is 0 Å². The molecule has 1 aliphatic carbocycles. The van der Waals surface area contributed by atoms with Crippen LogP contribution in [0.5, 0.6) is 0 Å². The fourth-order valence-electron chi connectivity index (χ4n) is 1.94. The minimum absolute atomic E-state index is 0.234. The van der Waals surface area contributed by atoms with E-state index in [9.17, 15) is 0 Å². The highest BCUT2D eigenvalue weighted by Gasteiger charge is 2.58. The van der Waals surface area contributed by atoms with E-state index in [1.165, 1.54) is 6.42 Å². The molecule has 2 nitrogen and oxygen atoms in total. The second kappa shape index (κ2) is 1.95. The van der Waals surface area contributed by atoms with Crippen molar-refractivity contribution in [2.24, 2.45) is 5.92 Å². The van der Waals surface area contributed by atoms with Gasteiger partial charge in [-0.1, -0.05) is 13.8 Å². The minimum atomic E-state index is 0.234. The molecular weight excluding hydrogens is 126 g/mol. The first-order chi connectivity index (χ1) is 4.76. The lowest BCUT2D eigenvalue weighted by molar-refractivity contribution is -0.0232. The lowest BCUT2D eigenvalue weighted by Crippen LogP contribution is -2.41. The smallest absolute Gasteiger partial charge is 0.0875 e. The van der Waals surface area contributed by atoms with E-state index in [-0.39, 0.29) is 5.60 Å². The second-order valence-corrected chi connectivity index (χ2v) is 3.67. The second-order valence-electron chi connectivity index (χ2n) is 3.67. The molecular formula is C8H15NO. The summed E-state index contributed by atoms with van der Waals surface area (Å²) in [5.41, 5.74) is 0.234. The summed E-state index contributed by atoms with van der Waals surface area (Å²) in [5, 5.41) is 3.45. The van der Waals surface area contributed by atoms with E-state index >= 15 is 0 Å². The lowest BCUT2D eigenvalue weighted by atomic mass is 10.0. The Morgan fingerprint density at radius 3 is 2.90 bits per heavy atom. The Morgan fingerprint density at radius 2 is 2.40 bits per heavy atom. The molecule has 1 saturated carbocycles. The number of hydrogen-bond donors (Lipinski definition) is 1. The van der Waals surface area contributed by atoms with Gasteiger partial charge in [0.2, 0.25) is 0 Å². The molecule has 2 aliphatic rings. The molecule has 2 unspecified atom stereocenters. The minimum Gasteiger partial charge on any atom is -0.372 e. The predicted molar refractivity (Wildman–Crippen MR) is 39.9 cm³/mol. The zero-order valence-corrected chi connectivity index (χ0v) is 6.68. The van der Waals surface area contributed by atoms with Crippen molar-refractivity contribution in [3.8, 4) is 0 Å². The monoisotopic (exact) mass is 141 g/mol. The normalized spacial score (nSPS) is 45.3. The molecule has 1 heterocycles. The van der Waals surface area contributed by atoms with Crippen LogP contribution in [0, 0.1) is 5.92 Å². The quantitative estimate of drug-likeness (QED) is 0.582. The van der Waals surface area contributed by atoms with Crippen LogP contribution in [0.15, 0.2) is 0 Å². The van der Waals surface area contributed by atoms with Crippen LogP contribution in [-0.4, -0.2) is 24.8 Å². The highest BCUT2D eigenvalue weighted by atomic mass is 16.5. The fourth-order valence-corrected chi connectivity index (χ4v) is 1.94. The van der Waals surface area contributed by atoms with Gasteiger partial charge in [-0.15, -0.1) is 0 Å². The summed E-state index contributed by atoms with van der Waals surface area (Å²) < 4.78 is 5.74. The van der Waals surface area contributed by atoms with Crippen LogP contribution in [0.2, 0.25) is 0 Å². The van der Waals surface area contributed by atoms with E-state index in [4.69, 9.17) is 4.74 Å². The number of rotatable bonds is 1. The highest BCUT2D eigenvalue weighted by Crippen LogP contribution is 2.47. The first-order valence-corrected chi connectivity index (χ1v) is 4.13. The van der Waals surface area contributed by atoms with Crippen LogP contribution in [-0.2, 0) is 4.74 Å². The molecule has 0 bridgehead atoms. The van der Waals surface area contributed by atoms with E-state index in [0.717, 1.165) is 13.2 Å². The van der Waals surface area contributed by atoms with E-state index in [0.29, 0.717) is 12.0 Å². The first kappa shape index (κ1) is 6.62. The summed E-state index contributed by atoms with van der Waals surface area (Å²) in [6.45, 7) is 6.42. The van der Waals surface area contributed by atoms with Gasteiger partial charge in [-0.2, -0.15) is 0 Å². The summed E-state index contributed by atoms with van der Waals surface area (Å²) in [6.07, 6.45) is 1.23. The zero-order valence-electron chi connectivity index (χ0n) is 6.68. The maximum atomic E-state index is 5.74. The van der Waals surface area contributed by atoms with Gasteiger partial charge in [0, 0.05) is 12.6 Å². The van der Waals surface area contributed by atoms with Crippen LogP contribution in [0.4, 0.5) is 0 Å². The Kier molecular flexibility index (Phi) is 1.29. The Hall–Kier alpha value is -0.0800. The molecule has 0 aromatic carbocycles. The molecule has 1 aliphatic heterocycles. The number of nitrogens with one attached hydrogen (secondary N) is 1. The summed E-state index contributed by atoms with van der Waals surface area (Å²) in [6, 6.07) is 0.668. The molecule has 1 N–H and O–H groups in total. The van der Waals surface area contributed by atoms with Gasteiger partial charge < -0.3 is 10.1 Å². The van der Waals surface area contributed by atoms with Gasteiger partial charge in [0.25, 0.3) is 0 Å². The summed E-state index contributed by atoms with van der Waals surface area (Å²) in [4.78, 5) is 0. The molecule has 0 aromatic rings. The number of fused-ring (bicyclic) bond motifs is 1. The Morgan fingerprint density at radius 1 is 1.60 bits per heavy atom.